The minimum absolute atomic E-state index is 0.947. The van der Waals surface area contributed by atoms with Crippen molar-refractivity contribution in [2.75, 3.05) is 0 Å². The van der Waals surface area contributed by atoms with Crippen LogP contribution >= 0.6 is 11.3 Å². The molecule has 0 aliphatic carbocycles. The molecule has 0 unspecified atom stereocenters. The Kier molecular flexibility index (Phi) is 4.82. The van der Waals surface area contributed by atoms with E-state index in [1.165, 1.54) is 53.6 Å². The van der Waals surface area contributed by atoms with Crippen LogP contribution in [0.5, 0.6) is 0 Å². The Hall–Kier alpha value is -3.68. The second-order valence-corrected chi connectivity index (χ2v) is 9.27. The maximum absolute atomic E-state index is 2.27. The first-order valence-corrected chi connectivity index (χ1v) is 11.8. The summed E-state index contributed by atoms with van der Waals surface area (Å²) in [5.74, 6) is 0. The van der Waals surface area contributed by atoms with Gasteiger partial charge in [-0.3, -0.25) is 0 Å². The highest BCUT2D eigenvalue weighted by atomic mass is 32.1. The third-order valence-electron chi connectivity index (χ3n) is 6.14. The minimum atomic E-state index is 0.947. The van der Waals surface area contributed by atoms with Crippen LogP contribution in [0.3, 0.4) is 0 Å². The summed E-state index contributed by atoms with van der Waals surface area (Å²) in [6.07, 6.45) is 0.947. The highest BCUT2D eigenvalue weighted by Gasteiger charge is 2.10. The van der Waals surface area contributed by atoms with Crippen LogP contribution in [0.2, 0.25) is 0 Å². The molecule has 0 bridgehead atoms. The first kappa shape index (κ1) is 19.0. The van der Waals surface area contributed by atoms with Crippen LogP contribution in [-0.4, -0.2) is 0 Å². The summed E-state index contributed by atoms with van der Waals surface area (Å²) in [6, 6.07) is 43.9. The predicted octanol–water partition coefficient (Wildman–Crippen LogP) is 8.98. The van der Waals surface area contributed by atoms with Crippen LogP contribution in [0.15, 0.2) is 121 Å². The van der Waals surface area contributed by atoms with Crippen molar-refractivity contribution in [2.45, 2.75) is 6.42 Å². The highest BCUT2D eigenvalue weighted by molar-refractivity contribution is 7.26. The summed E-state index contributed by atoms with van der Waals surface area (Å²) in [5.41, 5.74) is 7.81. The van der Waals surface area contributed by atoms with Crippen LogP contribution < -0.4 is 0 Å². The van der Waals surface area contributed by atoms with Crippen LogP contribution in [0, 0.1) is 0 Å². The quantitative estimate of drug-likeness (QED) is 0.264. The molecule has 6 rings (SSSR count). The second kappa shape index (κ2) is 8.11. The summed E-state index contributed by atoms with van der Waals surface area (Å²) in [5, 5.41) is 2.70. The molecule has 0 saturated heterocycles. The normalized spacial score (nSPS) is 11.2. The zero-order valence-corrected chi connectivity index (χ0v) is 18.5. The van der Waals surface area contributed by atoms with Gasteiger partial charge < -0.3 is 0 Å². The lowest BCUT2D eigenvalue weighted by atomic mass is 9.98. The summed E-state index contributed by atoms with van der Waals surface area (Å²) in [4.78, 5) is 0. The molecule has 0 aliphatic rings. The van der Waals surface area contributed by atoms with E-state index in [-0.39, 0.29) is 0 Å². The van der Waals surface area contributed by atoms with E-state index in [0.29, 0.717) is 0 Å². The molecule has 1 aromatic heterocycles. The average molecular weight is 427 g/mol. The molecule has 0 aliphatic heterocycles. The monoisotopic (exact) mass is 426 g/mol. The second-order valence-electron chi connectivity index (χ2n) is 8.22. The Morgan fingerprint density at radius 1 is 0.438 bits per heavy atom. The number of benzene rings is 5. The SMILES string of the molecule is c1ccc(-c2ccc(Cc3ccc(-c4cccc5c4sc4ccccc45)cc3)cc2)cc1. The molecular weight excluding hydrogens is 404 g/mol. The van der Waals surface area contributed by atoms with E-state index in [1.807, 2.05) is 11.3 Å². The van der Waals surface area contributed by atoms with Gasteiger partial charge in [0.15, 0.2) is 0 Å². The fourth-order valence-corrected chi connectivity index (χ4v) is 5.70. The van der Waals surface area contributed by atoms with Crippen LogP contribution in [0.25, 0.3) is 42.4 Å². The van der Waals surface area contributed by atoms with E-state index in [9.17, 15) is 0 Å². The zero-order valence-electron chi connectivity index (χ0n) is 17.7. The van der Waals surface area contributed by atoms with E-state index in [0.717, 1.165) is 6.42 Å². The van der Waals surface area contributed by atoms with E-state index < -0.39 is 0 Å². The summed E-state index contributed by atoms with van der Waals surface area (Å²) in [6.45, 7) is 0. The lowest BCUT2D eigenvalue weighted by molar-refractivity contribution is 1.19. The van der Waals surface area contributed by atoms with E-state index in [2.05, 4.69) is 121 Å². The van der Waals surface area contributed by atoms with Gasteiger partial charge in [0.1, 0.15) is 0 Å². The Morgan fingerprint density at radius 2 is 1.03 bits per heavy atom. The van der Waals surface area contributed by atoms with Gasteiger partial charge in [0, 0.05) is 20.2 Å². The van der Waals surface area contributed by atoms with Gasteiger partial charge in [-0.05, 0) is 45.9 Å². The minimum Gasteiger partial charge on any atom is -0.135 e. The van der Waals surface area contributed by atoms with Crippen molar-refractivity contribution >= 4 is 31.5 Å². The zero-order chi connectivity index (χ0) is 21.3. The molecule has 0 N–H and O–H groups in total. The lowest BCUT2D eigenvalue weighted by Crippen LogP contribution is -1.89. The number of hydrogen-bond donors (Lipinski definition) is 0. The van der Waals surface area contributed by atoms with Crippen molar-refractivity contribution in [3.8, 4) is 22.3 Å². The molecule has 0 amide bonds. The molecule has 6 aromatic rings. The molecule has 5 aromatic carbocycles. The molecule has 0 nitrogen and oxygen atoms in total. The number of hydrogen-bond acceptors (Lipinski definition) is 1. The molecule has 0 radical (unpaired) electrons. The van der Waals surface area contributed by atoms with Crippen molar-refractivity contribution in [3.63, 3.8) is 0 Å². The number of rotatable bonds is 4. The van der Waals surface area contributed by atoms with Crippen molar-refractivity contribution < 1.29 is 0 Å². The van der Waals surface area contributed by atoms with Gasteiger partial charge in [-0.2, -0.15) is 0 Å². The predicted molar refractivity (Wildman–Crippen MR) is 139 cm³/mol. The smallest absolute Gasteiger partial charge is 0.0433 e. The Balaban J connectivity index is 1.27. The van der Waals surface area contributed by atoms with Crippen molar-refractivity contribution in [2.24, 2.45) is 0 Å². The van der Waals surface area contributed by atoms with Gasteiger partial charge in [0.25, 0.3) is 0 Å². The number of thiophene rings is 1. The molecule has 1 heteroatoms. The molecule has 0 saturated carbocycles. The van der Waals surface area contributed by atoms with Crippen molar-refractivity contribution in [3.05, 3.63) is 132 Å². The Labute approximate surface area is 192 Å². The molecule has 0 spiro atoms. The lowest BCUT2D eigenvalue weighted by Gasteiger charge is -2.07. The first-order chi connectivity index (χ1) is 15.8. The third kappa shape index (κ3) is 3.51. The third-order valence-corrected chi connectivity index (χ3v) is 7.36. The maximum atomic E-state index is 2.27. The fraction of sp³-hybridized carbons (Fsp3) is 0.0323. The standard InChI is InChI=1S/C31H22S/c1-2-7-24(8-3-1)25-17-13-22(14-18-25)21-23-15-19-26(20-16-23)27-10-6-11-29-28-9-4-5-12-30(28)32-31(27)29/h1-20H,21H2. The van der Waals surface area contributed by atoms with Crippen molar-refractivity contribution in [1.82, 2.24) is 0 Å². The molecule has 32 heavy (non-hydrogen) atoms. The molecule has 1 heterocycles. The summed E-state index contributed by atoms with van der Waals surface area (Å²) in [7, 11) is 0. The van der Waals surface area contributed by atoms with Gasteiger partial charge >= 0.3 is 0 Å². The van der Waals surface area contributed by atoms with E-state index in [1.54, 1.807) is 0 Å². The topological polar surface area (TPSA) is 0 Å². The van der Waals surface area contributed by atoms with Gasteiger partial charge in [0.05, 0.1) is 0 Å². The largest absolute Gasteiger partial charge is 0.135 e. The molecular formula is C31H22S. The Bertz CT molecular complexity index is 1510. The van der Waals surface area contributed by atoms with Gasteiger partial charge in [0.2, 0.25) is 0 Å². The summed E-state index contributed by atoms with van der Waals surface area (Å²) < 4.78 is 2.73. The van der Waals surface area contributed by atoms with Gasteiger partial charge in [-0.25, -0.2) is 0 Å². The van der Waals surface area contributed by atoms with Gasteiger partial charge in [-0.1, -0.05) is 115 Å². The number of fused-ring (bicyclic) bond motifs is 3. The average Bonchev–Trinajstić information content (AvgIpc) is 3.25. The van der Waals surface area contributed by atoms with E-state index >= 15 is 0 Å². The van der Waals surface area contributed by atoms with Crippen LogP contribution in [0.4, 0.5) is 0 Å². The first-order valence-electron chi connectivity index (χ1n) is 11.0. The fourth-order valence-electron chi connectivity index (χ4n) is 4.46. The summed E-state index contributed by atoms with van der Waals surface area (Å²) >= 11 is 1.89. The van der Waals surface area contributed by atoms with E-state index in [4.69, 9.17) is 0 Å². The maximum Gasteiger partial charge on any atom is 0.0433 e. The highest BCUT2D eigenvalue weighted by Crippen LogP contribution is 2.39. The molecule has 0 atom stereocenters. The van der Waals surface area contributed by atoms with Gasteiger partial charge in [-0.15, -0.1) is 11.3 Å². The van der Waals surface area contributed by atoms with Crippen LogP contribution in [0.1, 0.15) is 11.1 Å². The molecule has 0 fully saturated rings. The Morgan fingerprint density at radius 3 is 1.78 bits per heavy atom. The molecule has 152 valence electrons. The van der Waals surface area contributed by atoms with Crippen LogP contribution in [-0.2, 0) is 6.42 Å². The van der Waals surface area contributed by atoms with Crippen molar-refractivity contribution in [1.29, 1.82) is 0 Å².